The third-order valence-corrected chi connectivity index (χ3v) is 3.45. The van der Waals surface area contributed by atoms with Crippen molar-refractivity contribution in [3.8, 4) is 5.75 Å². The molecule has 0 aliphatic carbocycles. The zero-order chi connectivity index (χ0) is 13.7. The van der Waals surface area contributed by atoms with E-state index in [4.69, 9.17) is 4.74 Å². The molecular formula is C17H20O2. The first-order chi connectivity index (χ1) is 9.20. The minimum atomic E-state index is -0.425. The molecule has 0 saturated carbocycles. The van der Waals surface area contributed by atoms with Crippen molar-refractivity contribution in [1.82, 2.24) is 0 Å². The average molecular weight is 256 g/mol. The van der Waals surface area contributed by atoms with Gasteiger partial charge in [-0.05, 0) is 48.6 Å². The van der Waals surface area contributed by atoms with Gasteiger partial charge in [-0.15, -0.1) is 0 Å². The molecule has 0 amide bonds. The van der Waals surface area contributed by atoms with Crippen LogP contribution >= 0.6 is 0 Å². The molecule has 2 heteroatoms. The number of benzene rings is 2. The van der Waals surface area contributed by atoms with Crippen LogP contribution in [0.15, 0.2) is 48.5 Å². The molecule has 2 aromatic carbocycles. The van der Waals surface area contributed by atoms with Gasteiger partial charge in [-0.1, -0.05) is 36.4 Å². The van der Waals surface area contributed by atoms with E-state index in [1.807, 2.05) is 36.4 Å². The number of ether oxygens (including phenoxy) is 1. The molecule has 0 spiro atoms. The van der Waals surface area contributed by atoms with E-state index in [0.717, 1.165) is 24.2 Å². The van der Waals surface area contributed by atoms with Crippen LogP contribution in [0.2, 0.25) is 0 Å². The van der Waals surface area contributed by atoms with E-state index < -0.39 is 6.10 Å². The Kier molecular flexibility index (Phi) is 4.58. The topological polar surface area (TPSA) is 29.5 Å². The Morgan fingerprint density at radius 1 is 1.05 bits per heavy atom. The number of methoxy groups -OCH3 is 1. The Morgan fingerprint density at radius 3 is 2.37 bits per heavy atom. The number of hydrogen-bond donors (Lipinski definition) is 1. The third kappa shape index (κ3) is 3.58. The lowest BCUT2D eigenvalue weighted by atomic mass is 9.99. The van der Waals surface area contributed by atoms with Gasteiger partial charge in [-0.2, -0.15) is 0 Å². The Bertz CT molecular complexity index is 517. The molecule has 19 heavy (non-hydrogen) atoms. The molecule has 1 N–H and O–H groups in total. The Balaban J connectivity index is 1.97. The standard InChI is InChI=1S/C17H20O2/c1-13-5-3-4-6-14(13)9-12-17(18)15-7-10-16(19-2)11-8-15/h3-8,10-11,17-18H,9,12H2,1-2H3. The number of rotatable bonds is 5. The summed E-state index contributed by atoms with van der Waals surface area (Å²) >= 11 is 0. The zero-order valence-electron chi connectivity index (χ0n) is 11.5. The minimum Gasteiger partial charge on any atom is -0.497 e. The van der Waals surface area contributed by atoms with Crippen molar-refractivity contribution in [2.45, 2.75) is 25.9 Å². The zero-order valence-corrected chi connectivity index (χ0v) is 11.5. The van der Waals surface area contributed by atoms with Crippen molar-refractivity contribution in [2.75, 3.05) is 7.11 Å². The van der Waals surface area contributed by atoms with Crippen molar-refractivity contribution >= 4 is 0 Å². The lowest BCUT2D eigenvalue weighted by Crippen LogP contribution is -2.00. The fourth-order valence-electron chi connectivity index (χ4n) is 2.18. The maximum atomic E-state index is 10.2. The molecule has 0 aromatic heterocycles. The van der Waals surface area contributed by atoms with Gasteiger partial charge in [0.2, 0.25) is 0 Å². The number of aliphatic hydroxyl groups excluding tert-OH is 1. The second-order valence-corrected chi connectivity index (χ2v) is 4.75. The second kappa shape index (κ2) is 6.39. The molecule has 100 valence electrons. The fourth-order valence-corrected chi connectivity index (χ4v) is 2.18. The molecule has 0 bridgehead atoms. The van der Waals surface area contributed by atoms with E-state index in [1.54, 1.807) is 7.11 Å². The molecular weight excluding hydrogens is 236 g/mol. The highest BCUT2D eigenvalue weighted by molar-refractivity contribution is 5.29. The monoisotopic (exact) mass is 256 g/mol. The fraction of sp³-hybridized carbons (Fsp3) is 0.294. The summed E-state index contributed by atoms with van der Waals surface area (Å²) in [5.41, 5.74) is 3.52. The van der Waals surface area contributed by atoms with Gasteiger partial charge in [0.15, 0.2) is 0 Å². The van der Waals surface area contributed by atoms with Gasteiger partial charge < -0.3 is 9.84 Å². The number of aliphatic hydroxyl groups is 1. The van der Waals surface area contributed by atoms with E-state index in [9.17, 15) is 5.11 Å². The van der Waals surface area contributed by atoms with Crippen LogP contribution in [0.4, 0.5) is 0 Å². The van der Waals surface area contributed by atoms with Crippen LogP contribution in [0.25, 0.3) is 0 Å². The molecule has 0 aliphatic rings. The third-order valence-electron chi connectivity index (χ3n) is 3.45. The molecule has 2 aromatic rings. The predicted octanol–water partition coefficient (Wildman–Crippen LogP) is 3.67. The predicted molar refractivity (Wildman–Crippen MR) is 77.5 cm³/mol. The summed E-state index contributed by atoms with van der Waals surface area (Å²) in [5.74, 6) is 0.815. The van der Waals surface area contributed by atoms with Crippen LogP contribution in [-0.4, -0.2) is 12.2 Å². The van der Waals surface area contributed by atoms with E-state index >= 15 is 0 Å². The normalized spacial score (nSPS) is 12.2. The van der Waals surface area contributed by atoms with Gasteiger partial charge in [0.05, 0.1) is 13.2 Å². The summed E-state index contributed by atoms with van der Waals surface area (Å²) in [6.45, 7) is 2.11. The van der Waals surface area contributed by atoms with Crippen LogP contribution < -0.4 is 4.74 Å². The Labute approximate surface area is 114 Å². The van der Waals surface area contributed by atoms with Gasteiger partial charge in [0.1, 0.15) is 5.75 Å². The molecule has 1 unspecified atom stereocenters. The molecule has 0 heterocycles. The first-order valence-electron chi connectivity index (χ1n) is 6.57. The van der Waals surface area contributed by atoms with Crippen molar-refractivity contribution in [1.29, 1.82) is 0 Å². The minimum absolute atomic E-state index is 0.425. The van der Waals surface area contributed by atoms with Gasteiger partial charge in [0.25, 0.3) is 0 Å². The van der Waals surface area contributed by atoms with E-state index in [0.29, 0.717) is 0 Å². The number of hydrogen-bond acceptors (Lipinski definition) is 2. The molecule has 1 atom stereocenters. The van der Waals surface area contributed by atoms with Gasteiger partial charge >= 0.3 is 0 Å². The molecule has 0 saturated heterocycles. The summed E-state index contributed by atoms with van der Waals surface area (Å²) in [7, 11) is 1.64. The molecule has 0 fully saturated rings. The van der Waals surface area contributed by atoms with Crippen molar-refractivity contribution in [3.05, 3.63) is 65.2 Å². The van der Waals surface area contributed by atoms with E-state index in [-0.39, 0.29) is 0 Å². The summed E-state index contributed by atoms with van der Waals surface area (Å²) < 4.78 is 5.11. The Morgan fingerprint density at radius 2 is 1.74 bits per heavy atom. The van der Waals surface area contributed by atoms with Crippen molar-refractivity contribution in [3.63, 3.8) is 0 Å². The highest BCUT2D eigenvalue weighted by atomic mass is 16.5. The summed E-state index contributed by atoms with van der Waals surface area (Å²) in [5, 5.41) is 10.2. The molecule has 2 rings (SSSR count). The second-order valence-electron chi connectivity index (χ2n) is 4.75. The first kappa shape index (κ1) is 13.6. The summed E-state index contributed by atoms with van der Waals surface area (Å²) in [6, 6.07) is 15.9. The van der Waals surface area contributed by atoms with Gasteiger partial charge in [-0.3, -0.25) is 0 Å². The van der Waals surface area contributed by atoms with Gasteiger partial charge in [-0.25, -0.2) is 0 Å². The highest BCUT2D eigenvalue weighted by Crippen LogP contribution is 2.22. The quantitative estimate of drug-likeness (QED) is 0.884. The van der Waals surface area contributed by atoms with Gasteiger partial charge in [0, 0.05) is 0 Å². The van der Waals surface area contributed by atoms with E-state index in [2.05, 4.69) is 19.1 Å². The summed E-state index contributed by atoms with van der Waals surface area (Å²) in [6.07, 6.45) is 1.20. The summed E-state index contributed by atoms with van der Waals surface area (Å²) in [4.78, 5) is 0. The van der Waals surface area contributed by atoms with Crippen molar-refractivity contribution < 1.29 is 9.84 Å². The molecule has 0 aliphatic heterocycles. The Hall–Kier alpha value is -1.80. The van der Waals surface area contributed by atoms with Crippen LogP contribution in [0, 0.1) is 6.92 Å². The molecule has 2 nitrogen and oxygen atoms in total. The highest BCUT2D eigenvalue weighted by Gasteiger charge is 2.08. The lowest BCUT2D eigenvalue weighted by Gasteiger charge is -2.12. The smallest absolute Gasteiger partial charge is 0.118 e. The van der Waals surface area contributed by atoms with Crippen LogP contribution in [0.3, 0.4) is 0 Å². The average Bonchev–Trinajstić information content (AvgIpc) is 2.46. The first-order valence-corrected chi connectivity index (χ1v) is 6.57. The van der Waals surface area contributed by atoms with Crippen LogP contribution in [-0.2, 0) is 6.42 Å². The van der Waals surface area contributed by atoms with Crippen molar-refractivity contribution in [2.24, 2.45) is 0 Å². The maximum absolute atomic E-state index is 10.2. The SMILES string of the molecule is COc1ccc(C(O)CCc2ccccc2C)cc1. The van der Waals surface area contributed by atoms with Crippen LogP contribution in [0.5, 0.6) is 5.75 Å². The van der Waals surface area contributed by atoms with E-state index in [1.165, 1.54) is 11.1 Å². The van der Waals surface area contributed by atoms with Crippen LogP contribution in [0.1, 0.15) is 29.2 Å². The largest absolute Gasteiger partial charge is 0.497 e. The number of aryl methyl sites for hydroxylation is 2. The maximum Gasteiger partial charge on any atom is 0.118 e. The lowest BCUT2D eigenvalue weighted by molar-refractivity contribution is 0.167. The molecule has 0 radical (unpaired) electrons.